The fourth-order valence-electron chi connectivity index (χ4n) is 5.90. The SMILES string of the molecule is N#Cc1cccc2nn(CC34CC(C(=O)N5N=CCC5c5cc(F)cc(F)c5)(C3)C4)cc12. The minimum Gasteiger partial charge on any atom is -0.272 e. The lowest BCUT2D eigenvalue weighted by Crippen LogP contribution is -2.68. The fraction of sp³-hybridized carbons (Fsp3) is 0.333. The summed E-state index contributed by atoms with van der Waals surface area (Å²) in [5.41, 5.74) is 1.39. The zero-order chi connectivity index (χ0) is 22.1. The molecule has 2 aromatic carbocycles. The van der Waals surface area contributed by atoms with Crippen molar-refractivity contribution in [2.24, 2.45) is 15.9 Å². The van der Waals surface area contributed by atoms with E-state index in [4.69, 9.17) is 0 Å². The van der Waals surface area contributed by atoms with Gasteiger partial charge in [-0.05, 0) is 54.5 Å². The summed E-state index contributed by atoms with van der Waals surface area (Å²) in [5, 5.41) is 20.4. The van der Waals surface area contributed by atoms with Gasteiger partial charge in [0, 0.05) is 36.8 Å². The highest BCUT2D eigenvalue weighted by Crippen LogP contribution is 2.74. The lowest BCUT2D eigenvalue weighted by molar-refractivity contribution is -0.223. The Morgan fingerprint density at radius 2 is 1.94 bits per heavy atom. The molecule has 0 spiro atoms. The Labute approximate surface area is 182 Å². The summed E-state index contributed by atoms with van der Waals surface area (Å²) in [4.78, 5) is 13.3. The van der Waals surface area contributed by atoms with E-state index in [0.717, 1.165) is 36.2 Å². The van der Waals surface area contributed by atoms with Crippen LogP contribution in [0.4, 0.5) is 8.78 Å². The molecule has 1 aromatic heterocycles. The highest BCUT2D eigenvalue weighted by molar-refractivity contribution is 5.88. The summed E-state index contributed by atoms with van der Waals surface area (Å²) >= 11 is 0. The zero-order valence-corrected chi connectivity index (χ0v) is 17.1. The van der Waals surface area contributed by atoms with Gasteiger partial charge in [-0.25, -0.2) is 13.8 Å². The number of fused-ring (bicyclic) bond motifs is 1. The summed E-state index contributed by atoms with van der Waals surface area (Å²) in [6.45, 7) is 0.698. The van der Waals surface area contributed by atoms with E-state index >= 15 is 0 Å². The second-order valence-electron chi connectivity index (χ2n) is 9.39. The van der Waals surface area contributed by atoms with Crippen molar-refractivity contribution >= 4 is 23.0 Å². The van der Waals surface area contributed by atoms with Gasteiger partial charge in [0.15, 0.2) is 0 Å². The first-order chi connectivity index (χ1) is 15.4. The first-order valence-corrected chi connectivity index (χ1v) is 10.6. The Morgan fingerprint density at radius 1 is 1.19 bits per heavy atom. The molecule has 2 heterocycles. The van der Waals surface area contributed by atoms with Gasteiger partial charge in [0.1, 0.15) is 11.6 Å². The van der Waals surface area contributed by atoms with E-state index in [1.807, 2.05) is 23.0 Å². The van der Waals surface area contributed by atoms with Crippen LogP contribution in [0.1, 0.15) is 42.9 Å². The van der Waals surface area contributed by atoms with E-state index in [0.29, 0.717) is 24.1 Å². The molecule has 0 radical (unpaired) electrons. The lowest BCUT2D eigenvalue weighted by atomic mass is 9.34. The van der Waals surface area contributed by atoms with E-state index < -0.39 is 23.1 Å². The van der Waals surface area contributed by atoms with Crippen LogP contribution in [0.3, 0.4) is 0 Å². The van der Waals surface area contributed by atoms with Crippen LogP contribution in [0.5, 0.6) is 0 Å². The van der Waals surface area contributed by atoms with Gasteiger partial charge in [-0.1, -0.05) is 6.07 Å². The van der Waals surface area contributed by atoms with Crippen molar-refractivity contribution in [2.75, 3.05) is 0 Å². The van der Waals surface area contributed by atoms with Crippen LogP contribution >= 0.6 is 0 Å². The van der Waals surface area contributed by atoms with E-state index in [2.05, 4.69) is 16.3 Å². The van der Waals surface area contributed by atoms with Gasteiger partial charge in [0.2, 0.25) is 5.91 Å². The Hall–Kier alpha value is -3.60. The van der Waals surface area contributed by atoms with Gasteiger partial charge in [-0.3, -0.25) is 9.48 Å². The third kappa shape index (κ3) is 2.70. The molecule has 1 amide bonds. The molecule has 1 atom stereocenters. The van der Waals surface area contributed by atoms with E-state index in [1.165, 1.54) is 17.1 Å². The second-order valence-corrected chi connectivity index (χ2v) is 9.39. The van der Waals surface area contributed by atoms with Crippen molar-refractivity contribution in [3.8, 4) is 6.07 Å². The summed E-state index contributed by atoms with van der Waals surface area (Å²) in [6, 6.07) is 10.6. The maximum atomic E-state index is 13.7. The molecule has 7 rings (SSSR count). The predicted molar refractivity (Wildman–Crippen MR) is 112 cm³/mol. The molecule has 160 valence electrons. The van der Waals surface area contributed by atoms with Crippen LogP contribution in [0, 0.1) is 33.8 Å². The molecule has 4 aliphatic rings. The number of carbonyl (C=O) groups excluding carboxylic acids is 1. The molecule has 1 unspecified atom stereocenters. The molecular weight excluding hydrogens is 412 g/mol. The van der Waals surface area contributed by atoms with Gasteiger partial charge in [-0.2, -0.15) is 15.5 Å². The van der Waals surface area contributed by atoms with E-state index in [-0.39, 0.29) is 11.3 Å². The Balaban J connectivity index is 1.17. The van der Waals surface area contributed by atoms with Crippen LogP contribution in [-0.2, 0) is 11.3 Å². The minimum atomic E-state index is -0.657. The number of nitriles is 1. The van der Waals surface area contributed by atoms with Gasteiger partial charge < -0.3 is 0 Å². The monoisotopic (exact) mass is 431 g/mol. The Kier molecular flexibility index (Phi) is 3.85. The summed E-state index contributed by atoms with van der Waals surface area (Å²) in [5.74, 6) is -1.38. The average molecular weight is 431 g/mol. The number of amides is 1. The molecular formula is C24H19F2N5O. The highest BCUT2D eigenvalue weighted by atomic mass is 19.1. The van der Waals surface area contributed by atoms with Crippen molar-refractivity contribution < 1.29 is 13.6 Å². The first kappa shape index (κ1) is 19.1. The van der Waals surface area contributed by atoms with Crippen molar-refractivity contribution in [3.05, 3.63) is 65.4 Å². The molecule has 0 saturated heterocycles. The molecule has 32 heavy (non-hydrogen) atoms. The van der Waals surface area contributed by atoms with Crippen LogP contribution in [0.25, 0.3) is 10.9 Å². The topological polar surface area (TPSA) is 74.3 Å². The largest absolute Gasteiger partial charge is 0.272 e. The van der Waals surface area contributed by atoms with Gasteiger partial charge in [0.25, 0.3) is 0 Å². The third-order valence-corrected chi connectivity index (χ3v) is 7.12. The number of aromatic nitrogens is 2. The van der Waals surface area contributed by atoms with Gasteiger partial charge >= 0.3 is 0 Å². The maximum absolute atomic E-state index is 13.7. The summed E-state index contributed by atoms with van der Waals surface area (Å²) in [7, 11) is 0. The second kappa shape index (κ2) is 6.45. The first-order valence-electron chi connectivity index (χ1n) is 10.6. The quantitative estimate of drug-likeness (QED) is 0.618. The number of rotatable bonds is 4. The smallest absolute Gasteiger partial charge is 0.249 e. The fourth-order valence-corrected chi connectivity index (χ4v) is 5.90. The lowest BCUT2D eigenvalue weighted by Gasteiger charge is -2.69. The molecule has 3 fully saturated rings. The standard InChI is InChI=1S/C24H19F2N5O/c25-17-6-16(7-18(26)8-17)21-4-5-28-31(21)22(32)24-11-23(12-24,13-24)14-30-10-19-15(9-27)2-1-3-20(19)29-30/h1-3,5-8,10,21H,4,11-14H2. The van der Waals surface area contributed by atoms with Crippen molar-refractivity contribution in [2.45, 2.75) is 38.3 Å². The number of carbonyl (C=O) groups is 1. The van der Waals surface area contributed by atoms with Crippen LogP contribution < -0.4 is 0 Å². The number of hydrazone groups is 1. The maximum Gasteiger partial charge on any atom is 0.249 e. The van der Waals surface area contributed by atoms with Crippen molar-refractivity contribution in [1.29, 1.82) is 5.26 Å². The molecule has 3 aromatic rings. The number of benzene rings is 2. The molecule has 6 nitrogen and oxygen atoms in total. The zero-order valence-electron chi connectivity index (χ0n) is 17.1. The van der Waals surface area contributed by atoms with Crippen LogP contribution in [0.15, 0.2) is 47.7 Å². The molecule has 8 heteroatoms. The number of nitrogens with zero attached hydrogens (tertiary/aromatic N) is 5. The normalized spacial score (nSPS) is 27.8. The molecule has 1 aliphatic heterocycles. The molecule has 3 saturated carbocycles. The summed E-state index contributed by atoms with van der Waals surface area (Å²) in [6.07, 6.45) is 6.22. The average Bonchev–Trinajstić information content (AvgIpc) is 3.34. The van der Waals surface area contributed by atoms with Crippen LogP contribution in [0.2, 0.25) is 0 Å². The highest BCUT2D eigenvalue weighted by Gasteiger charge is 2.72. The van der Waals surface area contributed by atoms with Crippen LogP contribution in [-0.4, -0.2) is 26.9 Å². The number of halogens is 2. The van der Waals surface area contributed by atoms with E-state index in [1.54, 1.807) is 12.3 Å². The van der Waals surface area contributed by atoms with Crippen molar-refractivity contribution in [3.63, 3.8) is 0 Å². The van der Waals surface area contributed by atoms with E-state index in [9.17, 15) is 18.8 Å². The Morgan fingerprint density at radius 3 is 2.66 bits per heavy atom. The third-order valence-electron chi connectivity index (χ3n) is 7.12. The van der Waals surface area contributed by atoms with Gasteiger partial charge in [-0.15, -0.1) is 0 Å². The minimum absolute atomic E-state index is 0.0222. The number of hydrogen-bond donors (Lipinski definition) is 0. The summed E-state index contributed by atoms with van der Waals surface area (Å²) < 4.78 is 29.3. The van der Waals surface area contributed by atoms with Crippen molar-refractivity contribution in [1.82, 2.24) is 14.8 Å². The molecule has 0 N–H and O–H groups in total. The Bertz CT molecular complexity index is 1310. The predicted octanol–water partition coefficient (Wildman–Crippen LogP) is 4.32. The molecule has 3 aliphatic carbocycles. The number of hydrogen-bond acceptors (Lipinski definition) is 4. The van der Waals surface area contributed by atoms with Gasteiger partial charge in [0.05, 0.1) is 28.6 Å². The molecule has 2 bridgehead atoms.